The number of hydrogen-bond donors (Lipinski definition) is 0. The summed E-state index contributed by atoms with van der Waals surface area (Å²) in [6, 6.07) is 42.7. The minimum Gasteiger partial charge on any atom is -0.309 e. The third-order valence-electron chi connectivity index (χ3n) is 6.08. The predicted molar refractivity (Wildman–Crippen MR) is 137 cm³/mol. The zero-order chi connectivity index (χ0) is 21.5. The first kappa shape index (κ1) is 18.9. The molecular weight excluding hydrogens is 410 g/mol. The second kappa shape index (κ2) is 7.71. The molecule has 1 heterocycles. The number of para-hydroxylation sites is 2. The Morgan fingerprint density at radius 1 is 0.469 bits per heavy atom. The van der Waals surface area contributed by atoms with Crippen molar-refractivity contribution in [2.75, 3.05) is 0 Å². The van der Waals surface area contributed by atoms with Crippen LogP contribution in [0.4, 0.5) is 0 Å². The van der Waals surface area contributed by atoms with Gasteiger partial charge < -0.3 is 4.57 Å². The van der Waals surface area contributed by atoms with Gasteiger partial charge in [0.2, 0.25) is 0 Å². The van der Waals surface area contributed by atoms with E-state index in [1.54, 1.807) is 0 Å². The number of benzene rings is 5. The van der Waals surface area contributed by atoms with Gasteiger partial charge in [-0.3, -0.25) is 0 Å². The maximum Gasteiger partial charge on any atom is 0.0541 e. The van der Waals surface area contributed by atoms with Crippen LogP contribution < -0.4 is 0 Å². The van der Waals surface area contributed by atoms with Gasteiger partial charge in [-0.2, -0.15) is 0 Å². The van der Waals surface area contributed by atoms with Gasteiger partial charge >= 0.3 is 0 Å². The van der Waals surface area contributed by atoms with Crippen LogP contribution in [0.1, 0.15) is 0 Å². The van der Waals surface area contributed by atoms with Gasteiger partial charge in [-0.05, 0) is 53.1 Å². The number of hydrogen-bond acceptors (Lipinski definition) is 0. The maximum atomic E-state index is 6.11. The molecule has 6 aromatic rings. The van der Waals surface area contributed by atoms with E-state index in [9.17, 15) is 0 Å². The van der Waals surface area contributed by atoms with Crippen LogP contribution in [0.5, 0.6) is 0 Å². The molecule has 5 aromatic carbocycles. The van der Waals surface area contributed by atoms with Gasteiger partial charge in [0.15, 0.2) is 0 Å². The molecule has 0 saturated carbocycles. The summed E-state index contributed by atoms with van der Waals surface area (Å²) in [5.41, 5.74) is 8.38. The van der Waals surface area contributed by atoms with E-state index in [1.165, 1.54) is 44.2 Å². The summed E-state index contributed by atoms with van der Waals surface area (Å²) >= 11 is 6.11. The lowest BCUT2D eigenvalue weighted by atomic mass is 10.0. The van der Waals surface area contributed by atoms with Gasteiger partial charge in [0.05, 0.1) is 16.7 Å². The molecule has 1 aromatic heterocycles. The average molecular weight is 430 g/mol. The molecule has 0 bridgehead atoms. The minimum atomic E-state index is 0.754. The van der Waals surface area contributed by atoms with Crippen LogP contribution in [0.3, 0.4) is 0 Å². The van der Waals surface area contributed by atoms with Crippen molar-refractivity contribution in [3.63, 3.8) is 0 Å². The SMILES string of the molecule is Clc1ccc(-c2ccc3c(c2)c2ccccc2n3-c2ccccc2-c2ccccc2)cc1. The van der Waals surface area contributed by atoms with Crippen LogP contribution in [-0.2, 0) is 0 Å². The van der Waals surface area contributed by atoms with Gasteiger partial charge in [-0.15, -0.1) is 0 Å². The summed E-state index contributed by atoms with van der Waals surface area (Å²) in [6.45, 7) is 0. The van der Waals surface area contributed by atoms with Crippen LogP contribution in [0.15, 0.2) is 121 Å². The monoisotopic (exact) mass is 429 g/mol. The van der Waals surface area contributed by atoms with Gasteiger partial charge in [-0.25, -0.2) is 0 Å². The molecule has 152 valence electrons. The van der Waals surface area contributed by atoms with E-state index in [2.05, 4.69) is 114 Å². The summed E-state index contributed by atoms with van der Waals surface area (Å²) in [7, 11) is 0. The molecule has 0 saturated heterocycles. The molecule has 0 fully saturated rings. The summed E-state index contributed by atoms with van der Waals surface area (Å²) in [5, 5.41) is 3.25. The smallest absolute Gasteiger partial charge is 0.0541 e. The number of aromatic nitrogens is 1. The first-order chi connectivity index (χ1) is 15.8. The van der Waals surface area contributed by atoms with E-state index in [1.807, 2.05) is 12.1 Å². The summed E-state index contributed by atoms with van der Waals surface area (Å²) in [5.74, 6) is 0. The van der Waals surface area contributed by atoms with Crippen molar-refractivity contribution >= 4 is 33.4 Å². The van der Waals surface area contributed by atoms with Crippen LogP contribution in [0.2, 0.25) is 5.02 Å². The van der Waals surface area contributed by atoms with Gasteiger partial charge in [0, 0.05) is 21.4 Å². The Bertz CT molecular complexity index is 1560. The molecule has 2 heteroatoms. The van der Waals surface area contributed by atoms with Crippen molar-refractivity contribution in [3.8, 4) is 27.9 Å². The van der Waals surface area contributed by atoms with Gasteiger partial charge in [0.1, 0.15) is 0 Å². The minimum absolute atomic E-state index is 0.754. The fourth-order valence-electron chi connectivity index (χ4n) is 4.58. The molecule has 1 nitrogen and oxygen atoms in total. The molecule has 0 aliphatic heterocycles. The Hall–Kier alpha value is -3.81. The standard InChI is InChI=1S/C30H20ClN/c31-24-17-14-21(15-18-24)23-16-19-30-27(20-23)26-11-5-7-13-29(26)32(30)28-12-6-4-10-25(28)22-8-2-1-3-9-22/h1-20H. The molecule has 0 aliphatic rings. The first-order valence-electron chi connectivity index (χ1n) is 10.7. The van der Waals surface area contributed by atoms with Crippen LogP contribution in [-0.4, -0.2) is 4.57 Å². The van der Waals surface area contributed by atoms with Crippen LogP contribution >= 0.6 is 11.6 Å². The number of rotatable bonds is 3. The number of halogens is 1. The highest BCUT2D eigenvalue weighted by Crippen LogP contribution is 2.37. The molecule has 0 atom stereocenters. The normalized spacial score (nSPS) is 11.3. The molecule has 32 heavy (non-hydrogen) atoms. The second-order valence-corrected chi connectivity index (χ2v) is 8.41. The van der Waals surface area contributed by atoms with Gasteiger partial charge in [0.25, 0.3) is 0 Å². The topological polar surface area (TPSA) is 4.93 Å². The average Bonchev–Trinajstić information content (AvgIpc) is 3.19. The van der Waals surface area contributed by atoms with E-state index >= 15 is 0 Å². The number of nitrogens with zero attached hydrogens (tertiary/aromatic N) is 1. The molecule has 6 rings (SSSR count). The zero-order valence-electron chi connectivity index (χ0n) is 17.4. The molecule has 0 spiro atoms. The van der Waals surface area contributed by atoms with E-state index in [0.29, 0.717) is 0 Å². The van der Waals surface area contributed by atoms with Crippen molar-refractivity contribution in [1.82, 2.24) is 4.57 Å². The maximum absolute atomic E-state index is 6.11. The van der Waals surface area contributed by atoms with Crippen molar-refractivity contribution in [2.45, 2.75) is 0 Å². The third kappa shape index (κ3) is 3.10. The van der Waals surface area contributed by atoms with E-state index in [0.717, 1.165) is 10.6 Å². The van der Waals surface area contributed by atoms with E-state index < -0.39 is 0 Å². The Balaban J connectivity index is 1.64. The first-order valence-corrected chi connectivity index (χ1v) is 11.1. The predicted octanol–water partition coefficient (Wildman–Crippen LogP) is 8.77. The van der Waals surface area contributed by atoms with Gasteiger partial charge in [-0.1, -0.05) is 96.5 Å². The Labute approximate surface area is 192 Å². The third-order valence-corrected chi connectivity index (χ3v) is 6.33. The molecule has 0 aliphatic carbocycles. The molecule has 0 N–H and O–H groups in total. The highest BCUT2D eigenvalue weighted by Gasteiger charge is 2.15. The lowest BCUT2D eigenvalue weighted by molar-refractivity contribution is 1.18. The lowest BCUT2D eigenvalue weighted by Crippen LogP contribution is -1.96. The zero-order valence-corrected chi connectivity index (χ0v) is 18.1. The summed E-state index contributed by atoms with van der Waals surface area (Å²) in [4.78, 5) is 0. The largest absolute Gasteiger partial charge is 0.309 e. The van der Waals surface area contributed by atoms with Crippen molar-refractivity contribution in [2.24, 2.45) is 0 Å². The summed E-state index contributed by atoms with van der Waals surface area (Å²) in [6.07, 6.45) is 0. The fourth-order valence-corrected chi connectivity index (χ4v) is 4.71. The van der Waals surface area contributed by atoms with Crippen molar-refractivity contribution in [3.05, 3.63) is 126 Å². The molecule has 0 unspecified atom stereocenters. The van der Waals surface area contributed by atoms with Crippen LogP contribution in [0.25, 0.3) is 49.7 Å². The van der Waals surface area contributed by atoms with E-state index in [4.69, 9.17) is 11.6 Å². The second-order valence-electron chi connectivity index (χ2n) is 7.97. The Morgan fingerprint density at radius 2 is 1.12 bits per heavy atom. The Morgan fingerprint density at radius 3 is 1.97 bits per heavy atom. The highest BCUT2D eigenvalue weighted by atomic mass is 35.5. The molecule has 0 radical (unpaired) electrons. The van der Waals surface area contributed by atoms with Crippen molar-refractivity contribution in [1.29, 1.82) is 0 Å². The Kier molecular flexibility index (Phi) is 4.56. The lowest BCUT2D eigenvalue weighted by Gasteiger charge is -2.14. The van der Waals surface area contributed by atoms with Crippen molar-refractivity contribution < 1.29 is 0 Å². The van der Waals surface area contributed by atoms with Crippen LogP contribution in [0, 0.1) is 0 Å². The highest BCUT2D eigenvalue weighted by molar-refractivity contribution is 6.30. The molecule has 0 amide bonds. The summed E-state index contributed by atoms with van der Waals surface area (Å²) < 4.78 is 2.39. The fraction of sp³-hybridized carbons (Fsp3) is 0. The molecular formula is C30H20ClN. The quantitative estimate of drug-likeness (QED) is 0.265. The number of fused-ring (bicyclic) bond motifs is 3. The van der Waals surface area contributed by atoms with E-state index in [-0.39, 0.29) is 0 Å².